The number of piperazine rings is 1. The van der Waals surface area contributed by atoms with Crippen molar-refractivity contribution in [2.24, 2.45) is 11.8 Å². The van der Waals surface area contributed by atoms with Gasteiger partial charge in [0.15, 0.2) is 0 Å². The molecule has 5 heteroatoms. The maximum Gasteiger partial charge on any atom is 0.246 e. The zero-order valence-electron chi connectivity index (χ0n) is 18.6. The molecule has 1 saturated heterocycles. The zero-order valence-corrected chi connectivity index (χ0v) is 18.6. The van der Waals surface area contributed by atoms with Gasteiger partial charge in [-0.05, 0) is 53.5 Å². The lowest BCUT2D eigenvalue weighted by Gasteiger charge is -2.43. The lowest BCUT2D eigenvalue weighted by Crippen LogP contribution is -2.66. The largest absolute Gasteiger partial charge is 0.497 e. The summed E-state index contributed by atoms with van der Waals surface area (Å²) in [6.07, 6.45) is 3.37. The summed E-state index contributed by atoms with van der Waals surface area (Å²) < 4.78 is 5.36. The highest BCUT2D eigenvalue weighted by molar-refractivity contribution is 5.97. The smallest absolute Gasteiger partial charge is 0.246 e. The van der Waals surface area contributed by atoms with Gasteiger partial charge in [0.1, 0.15) is 17.8 Å². The van der Waals surface area contributed by atoms with Gasteiger partial charge in [0.25, 0.3) is 0 Å². The Hall–Kier alpha value is -2.82. The van der Waals surface area contributed by atoms with Gasteiger partial charge >= 0.3 is 0 Å². The Kier molecular flexibility index (Phi) is 6.30. The van der Waals surface area contributed by atoms with E-state index in [9.17, 15) is 9.59 Å². The second kappa shape index (κ2) is 9.13. The summed E-state index contributed by atoms with van der Waals surface area (Å²) in [6.45, 7) is 4.60. The molecule has 0 saturated carbocycles. The summed E-state index contributed by atoms with van der Waals surface area (Å²) in [7, 11) is 1.64. The van der Waals surface area contributed by atoms with Crippen LogP contribution in [0.1, 0.15) is 43.4 Å². The number of fused-ring (bicyclic) bond motifs is 1. The molecule has 2 atom stereocenters. The standard InChI is InChI=1S/C26H32N2O3/c1-4-18(5-2)24-25(29)27-23(21-14-19-10-6-7-11-20(19)15-21)26(30)28(24)16-17-9-8-12-22(13-17)31-3/h6-13,18,21,23-24H,4-5,14-16H2,1-3H3,(H,27,29)/t23-,24-/m1/s1. The Morgan fingerprint density at radius 3 is 2.32 bits per heavy atom. The second-order valence-electron chi connectivity index (χ2n) is 8.76. The van der Waals surface area contributed by atoms with Gasteiger partial charge in [0.05, 0.1) is 7.11 Å². The first kappa shape index (κ1) is 21.4. The van der Waals surface area contributed by atoms with Crippen molar-refractivity contribution < 1.29 is 14.3 Å². The van der Waals surface area contributed by atoms with Crippen LogP contribution in [-0.2, 0) is 29.0 Å². The minimum atomic E-state index is -0.476. The molecular weight excluding hydrogens is 388 g/mol. The molecular formula is C26H32N2O3. The molecule has 2 aromatic carbocycles. The molecule has 0 spiro atoms. The fourth-order valence-corrected chi connectivity index (χ4v) is 5.25. The summed E-state index contributed by atoms with van der Waals surface area (Å²) in [5.74, 6) is 1.02. The summed E-state index contributed by atoms with van der Waals surface area (Å²) in [4.78, 5) is 29.0. The average molecular weight is 421 g/mol. The molecule has 5 nitrogen and oxygen atoms in total. The minimum absolute atomic E-state index is 0.0165. The van der Waals surface area contributed by atoms with Gasteiger partial charge in [0.2, 0.25) is 11.8 Å². The predicted octanol–water partition coefficient (Wildman–Crippen LogP) is 3.74. The van der Waals surface area contributed by atoms with Gasteiger partial charge in [-0.1, -0.05) is 63.1 Å². The first-order valence-corrected chi connectivity index (χ1v) is 11.4. The van der Waals surface area contributed by atoms with Crippen LogP contribution in [0.3, 0.4) is 0 Å². The van der Waals surface area contributed by atoms with Gasteiger partial charge in [-0.25, -0.2) is 0 Å². The molecule has 1 aliphatic heterocycles. The third-order valence-corrected chi connectivity index (χ3v) is 6.99. The molecule has 1 fully saturated rings. The lowest BCUT2D eigenvalue weighted by atomic mass is 9.86. The highest BCUT2D eigenvalue weighted by Crippen LogP contribution is 2.33. The summed E-state index contributed by atoms with van der Waals surface area (Å²) in [6, 6.07) is 15.2. The number of rotatable bonds is 7. The SMILES string of the molecule is CCC(CC)[C@@H]1C(=O)N[C@H](C2Cc3ccccc3C2)C(=O)N1Cc1cccc(OC)c1. The summed E-state index contributed by atoms with van der Waals surface area (Å²) in [5.41, 5.74) is 3.55. The number of benzene rings is 2. The van der Waals surface area contributed by atoms with E-state index in [2.05, 4.69) is 31.3 Å². The number of ether oxygens (including phenoxy) is 1. The van der Waals surface area contributed by atoms with Crippen molar-refractivity contribution in [3.63, 3.8) is 0 Å². The fraction of sp³-hybridized carbons (Fsp3) is 0.462. The van der Waals surface area contributed by atoms with Crippen LogP contribution in [0.5, 0.6) is 5.75 Å². The Morgan fingerprint density at radius 1 is 1.03 bits per heavy atom. The summed E-state index contributed by atoms with van der Waals surface area (Å²) in [5, 5.41) is 3.13. The van der Waals surface area contributed by atoms with Gasteiger partial charge in [-0.3, -0.25) is 9.59 Å². The molecule has 31 heavy (non-hydrogen) atoms. The van der Waals surface area contributed by atoms with Crippen LogP contribution in [0.25, 0.3) is 0 Å². The monoisotopic (exact) mass is 420 g/mol. The number of nitrogens with zero attached hydrogens (tertiary/aromatic N) is 1. The molecule has 2 aromatic rings. The molecule has 0 aromatic heterocycles. The van der Waals surface area contributed by atoms with E-state index in [4.69, 9.17) is 4.74 Å². The van der Waals surface area contributed by atoms with Crippen LogP contribution < -0.4 is 10.1 Å². The number of methoxy groups -OCH3 is 1. The topological polar surface area (TPSA) is 58.6 Å². The van der Waals surface area contributed by atoms with E-state index < -0.39 is 12.1 Å². The molecule has 2 amide bonds. The zero-order chi connectivity index (χ0) is 22.0. The third-order valence-electron chi connectivity index (χ3n) is 6.99. The quantitative estimate of drug-likeness (QED) is 0.742. The Labute approximate surface area is 184 Å². The van der Waals surface area contributed by atoms with Crippen LogP contribution >= 0.6 is 0 Å². The molecule has 0 bridgehead atoms. The molecule has 164 valence electrons. The number of carbonyl (C=O) groups is 2. The maximum absolute atomic E-state index is 13.8. The van der Waals surface area contributed by atoms with Crippen LogP contribution in [0.4, 0.5) is 0 Å². The first-order valence-electron chi connectivity index (χ1n) is 11.4. The van der Waals surface area contributed by atoms with Crippen molar-refractivity contribution in [1.29, 1.82) is 0 Å². The van der Waals surface area contributed by atoms with Crippen LogP contribution in [0, 0.1) is 11.8 Å². The average Bonchev–Trinajstić information content (AvgIpc) is 3.22. The second-order valence-corrected chi connectivity index (χ2v) is 8.76. The molecule has 0 unspecified atom stereocenters. The van der Waals surface area contributed by atoms with E-state index in [1.54, 1.807) is 7.11 Å². The van der Waals surface area contributed by atoms with E-state index in [1.165, 1.54) is 11.1 Å². The Balaban J connectivity index is 1.63. The Bertz CT molecular complexity index is 928. The van der Waals surface area contributed by atoms with Crippen molar-refractivity contribution in [2.75, 3.05) is 7.11 Å². The number of carbonyl (C=O) groups excluding carboxylic acids is 2. The van der Waals surface area contributed by atoms with E-state index in [0.717, 1.165) is 37.0 Å². The van der Waals surface area contributed by atoms with Crippen molar-refractivity contribution in [2.45, 2.75) is 58.2 Å². The lowest BCUT2D eigenvalue weighted by molar-refractivity contribution is -0.154. The van der Waals surface area contributed by atoms with Crippen LogP contribution in [-0.4, -0.2) is 35.9 Å². The fourth-order valence-electron chi connectivity index (χ4n) is 5.25. The maximum atomic E-state index is 13.8. The third kappa shape index (κ3) is 4.18. The van der Waals surface area contributed by atoms with Crippen molar-refractivity contribution in [3.05, 3.63) is 65.2 Å². The van der Waals surface area contributed by atoms with Crippen molar-refractivity contribution in [3.8, 4) is 5.75 Å². The number of hydrogen-bond donors (Lipinski definition) is 1. The molecule has 4 rings (SSSR count). The molecule has 1 aliphatic carbocycles. The molecule has 2 aliphatic rings. The molecule has 1 N–H and O–H groups in total. The molecule has 0 radical (unpaired) electrons. The van der Waals surface area contributed by atoms with Crippen LogP contribution in [0.15, 0.2) is 48.5 Å². The number of hydrogen-bond acceptors (Lipinski definition) is 3. The van der Waals surface area contributed by atoms with Crippen molar-refractivity contribution in [1.82, 2.24) is 10.2 Å². The van der Waals surface area contributed by atoms with E-state index in [-0.39, 0.29) is 23.7 Å². The highest BCUT2D eigenvalue weighted by Gasteiger charge is 2.46. The molecule has 1 heterocycles. The first-order chi connectivity index (χ1) is 15.0. The van der Waals surface area contributed by atoms with Gasteiger partial charge in [0, 0.05) is 6.54 Å². The summed E-state index contributed by atoms with van der Waals surface area (Å²) >= 11 is 0. The Morgan fingerprint density at radius 2 is 1.71 bits per heavy atom. The normalized spacial score (nSPS) is 21.4. The van der Waals surface area contributed by atoms with Crippen LogP contribution in [0.2, 0.25) is 0 Å². The van der Waals surface area contributed by atoms with E-state index in [1.807, 2.05) is 41.3 Å². The van der Waals surface area contributed by atoms with Crippen molar-refractivity contribution >= 4 is 11.8 Å². The number of nitrogens with one attached hydrogen (secondary N) is 1. The minimum Gasteiger partial charge on any atom is -0.497 e. The van der Waals surface area contributed by atoms with E-state index >= 15 is 0 Å². The van der Waals surface area contributed by atoms with Gasteiger partial charge < -0.3 is 15.0 Å². The predicted molar refractivity (Wildman–Crippen MR) is 121 cm³/mol. The van der Waals surface area contributed by atoms with Gasteiger partial charge in [-0.2, -0.15) is 0 Å². The van der Waals surface area contributed by atoms with E-state index in [0.29, 0.717) is 6.54 Å². The highest BCUT2D eigenvalue weighted by atomic mass is 16.5. The number of amides is 2. The van der Waals surface area contributed by atoms with Gasteiger partial charge in [-0.15, -0.1) is 0 Å².